The fourth-order valence-electron chi connectivity index (χ4n) is 7.37. The number of aromatic nitrogens is 1. The third-order valence-corrected chi connectivity index (χ3v) is 9.46. The van der Waals surface area contributed by atoms with Crippen molar-refractivity contribution in [3.63, 3.8) is 0 Å². The highest BCUT2D eigenvalue weighted by molar-refractivity contribution is 5.86. The van der Waals surface area contributed by atoms with Crippen molar-refractivity contribution in [3.05, 3.63) is 101 Å². The second-order valence-electron chi connectivity index (χ2n) is 12.6. The minimum Gasteiger partial charge on any atom is -0.480 e. The third kappa shape index (κ3) is 9.40. The van der Waals surface area contributed by atoms with Crippen molar-refractivity contribution in [1.82, 2.24) is 14.8 Å². The van der Waals surface area contributed by atoms with Crippen LogP contribution in [-0.4, -0.2) is 64.6 Å². The smallest absolute Gasteiger partial charge is 0.321 e. The Morgan fingerprint density at radius 1 is 0.955 bits per heavy atom. The number of hydrogen-bond acceptors (Lipinski definition) is 4. The Morgan fingerprint density at radius 3 is 2.30 bits per heavy atom. The Morgan fingerprint density at radius 2 is 1.66 bits per heavy atom. The van der Waals surface area contributed by atoms with Gasteiger partial charge in [-0.15, -0.1) is 37.2 Å². The van der Waals surface area contributed by atoms with Crippen LogP contribution in [0.1, 0.15) is 73.6 Å². The Labute approximate surface area is 280 Å². The number of carbonyl (C=O) groups is 1. The summed E-state index contributed by atoms with van der Waals surface area (Å²) in [5, 5.41) is 9.93. The quantitative estimate of drug-likeness (QED) is 0.239. The molecule has 5 nitrogen and oxygen atoms in total. The topological polar surface area (TPSA) is 56.7 Å². The molecule has 0 radical (unpaired) electrons. The van der Waals surface area contributed by atoms with Gasteiger partial charge in [0.2, 0.25) is 0 Å². The summed E-state index contributed by atoms with van der Waals surface area (Å²) in [5.74, 6) is 0.141. The van der Waals surface area contributed by atoms with Crippen molar-refractivity contribution >= 4 is 43.2 Å². The number of pyridine rings is 1. The summed E-state index contributed by atoms with van der Waals surface area (Å²) in [6.07, 6.45) is 8.92. The van der Waals surface area contributed by atoms with E-state index in [1.54, 1.807) is 12.1 Å². The molecule has 2 heterocycles. The summed E-state index contributed by atoms with van der Waals surface area (Å²) < 4.78 is 14.3. The largest absolute Gasteiger partial charge is 0.480 e. The molecule has 44 heavy (non-hydrogen) atoms. The molecule has 2 aromatic carbocycles. The first-order valence-corrected chi connectivity index (χ1v) is 15.2. The maximum absolute atomic E-state index is 14.3. The molecule has 1 saturated carbocycles. The Hall–Kier alpha value is -2.22. The molecular formula is C35H47Cl3FN3O2. The minimum atomic E-state index is -0.766. The van der Waals surface area contributed by atoms with Gasteiger partial charge in [0.1, 0.15) is 11.9 Å². The Kier molecular flexibility index (Phi) is 15.1. The third-order valence-electron chi connectivity index (χ3n) is 9.46. The number of likely N-dealkylation sites (tertiary alicyclic amines) is 1. The van der Waals surface area contributed by atoms with Gasteiger partial charge < -0.3 is 10.0 Å². The number of likely N-dealkylation sites (N-methyl/N-ethyl adjacent to an activating group) is 1. The number of hydrogen-bond donors (Lipinski definition) is 1. The molecule has 1 aromatic heterocycles. The van der Waals surface area contributed by atoms with Crippen LogP contribution in [0.2, 0.25) is 0 Å². The Balaban J connectivity index is 0.00000225. The highest BCUT2D eigenvalue weighted by Crippen LogP contribution is 2.43. The lowest BCUT2D eigenvalue weighted by atomic mass is 9.86. The van der Waals surface area contributed by atoms with E-state index in [4.69, 9.17) is 0 Å². The van der Waals surface area contributed by atoms with Crippen molar-refractivity contribution in [2.75, 3.05) is 26.7 Å². The molecule has 242 valence electrons. The monoisotopic (exact) mass is 665 g/mol. The summed E-state index contributed by atoms with van der Waals surface area (Å²) in [4.78, 5) is 21.3. The lowest BCUT2D eigenvalue weighted by Gasteiger charge is -2.35. The van der Waals surface area contributed by atoms with Crippen molar-refractivity contribution < 1.29 is 14.3 Å². The number of halogens is 4. The molecule has 1 N–H and O–H groups in total. The molecule has 4 atom stereocenters. The van der Waals surface area contributed by atoms with E-state index in [1.807, 2.05) is 39.4 Å². The number of rotatable bonds is 10. The van der Waals surface area contributed by atoms with E-state index in [0.29, 0.717) is 11.8 Å². The number of carboxylic acids is 1. The van der Waals surface area contributed by atoms with E-state index in [2.05, 4.69) is 51.2 Å². The van der Waals surface area contributed by atoms with Crippen LogP contribution in [0, 0.1) is 17.7 Å². The second kappa shape index (κ2) is 17.5. The van der Waals surface area contributed by atoms with Crippen LogP contribution in [0.25, 0.3) is 0 Å². The normalized spacial score (nSPS) is 21.3. The number of nitrogens with zero attached hydrogens (tertiary/aromatic N) is 3. The minimum absolute atomic E-state index is 0. The van der Waals surface area contributed by atoms with Gasteiger partial charge in [-0.05, 0) is 110 Å². The van der Waals surface area contributed by atoms with Gasteiger partial charge in [0.15, 0.2) is 0 Å². The molecule has 2 fully saturated rings. The summed E-state index contributed by atoms with van der Waals surface area (Å²) in [6, 6.07) is 19.6. The Bertz CT molecular complexity index is 1310. The molecule has 3 unspecified atom stereocenters. The van der Waals surface area contributed by atoms with Crippen molar-refractivity contribution in [2.24, 2.45) is 11.8 Å². The van der Waals surface area contributed by atoms with Crippen LogP contribution in [0.5, 0.6) is 0 Å². The fraction of sp³-hybridized carbons (Fsp3) is 0.486. The number of carboxylic acid groups (broad SMARTS) is 1. The van der Waals surface area contributed by atoms with Gasteiger partial charge >= 0.3 is 5.97 Å². The zero-order valence-electron chi connectivity index (χ0n) is 25.8. The molecule has 3 aromatic rings. The lowest BCUT2D eigenvalue weighted by Crippen LogP contribution is -2.47. The average molecular weight is 667 g/mol. The number of aliphatic carboxylic acids is 1. The lowest BCUT2D eigenvalue weighted by molar-refractivity contribution is -0.145. The van der Waals surface area contributed by atoms with Crippen LogP contribution in [0.4, 0.5) is 4.39 Å². The molecule has 9 heteroatoms. The van der Waals surface area contributed by atoms with Gasteiger partial charge in [-0.25, -0.2) is 4.39 Å². The predicted octanol–water partition coefficient (Wildman–Crippen LogP) is 7.86. The van der Waals surface area contributed by atoms with Crippen molar-refractivity contribution in [2.45, 2.75) is 69.9 Å². The van der Waals surface area contributed by atoms with Crippen molar-refractivity contribution in [3.8, 4) is 0 Å². The van der Waals surface area contributed by atoms with Gasteiger partial charge in [0.05, 0.1) is 0 Å². The van der Waals surface area contributed by atoms with Gasteiger partial charge in [-0.1, -0.05) is 62.4 Å². The molecule has 0 bridgehead atoms. The molecule has 1 aliphatic heterocycles. The van der Waals surface area contributed by atoms with E-state index in [1.165, 1.54) is 22.8 Å². The second-order valence-corrected chi connectivity index (χ2v) is 12.6. The van der Waals surface area contributed by atoms with E-state index in [9.17, 15) is 14.3 Å². The molecule has 5 rings (SSSR count). The summed E-state index contributed by atoms with van der Waals surface area (Å²) >= 11 is 0. The molecule has 1 saturated heterocycles. The molecule has 1 aliphatic carbocycles. The zero-order chi connectivity index (χ0) is 28.9. The fourth-order valence-corrected chi connectivity index (χ4v) is 7.37. The van der Waals surface area contributed by atoms with Crippen LogP contribution in [0.3, 0.4) is 0 Å². The number of piperidine rings is 1. The SMILES string of the molecule is CC(C)[C@H](C(=O)O)N(C)C1CC(CN2CCC(c3cncc(Cc4ccccc4)c3)CC2)C(c2cccc(F)c2)C1.Cl.Cl.Cl. The van der Waals surface area contributed by atoms with Crippen LogP contribution >= 0.6 is 37.2 Å². The molecule has 0 spiro atoms. The van der Waals surface area contributed by atoms with E-state index in [0.717, 1.165) is 57.3 Å². The van der Waals surface area contributed by atoms with Gasteiger partial charge in [-0.2, -0.15) is 0 Å². The van der Waals surface area contributed by atoms with E-state index in [-0.39, 0.29) is 60.9 Å². The van der Waals surface area contributed by atoms with Crippen LogP contribution < -0.4 is 0 Å². The maximum atomic E-state index is 14.3. The standard InChI is InChI=1S/C35H44FN3O2.3ClH/c1-24(2)34(35(40)41)38(3)32-19-30(33(20-32)28-10-7-11-31(36)18-28)23-39-14-12-27(13-15-39)29-17-26(21-37-22-29)16-25-8-5-4-6-9-25;;;/h4-11,17-18,21-22,24,27,30,32-34H,12-16,19-20,23H2,1-3H3,(H,40,41);3*1H/t30?,32?,33?,34-;;;/m1.../s1. The average Bonchev–Trinajstić information content (AvgIpc) is 3.38. The first-order valence-electron chi connectivity index (χ1n) is 15.2. The molecule has 2 aliphatic rings. The first kappa shape index (κ1) is 38.0. The van der Waals surface area contributed by atoms with Gasteiger partial charge in [0.25, 0.3) is 0 Å². The summed E-state index contributed by atoms with van der Waals surface area (Å²) in [6.45, 7) is 6.98. The molecule has 0 amide bonds. The zero-order valence-corrected chi connectivity index (χ0v) is 28.3. The predicted molar refractivity (Wildman–Crippen MR) is 183 cm³/mol. The van der Waals surface area contributed by atoms with Crippen LogP contribution in [0.15, 0.2) is 73.1 Å². The summed E-state index contributed by atoms with van der Waals surface area (Å²) in [5.41, 5.74) is 4.94. The number of benzene rings is 2. The highest BCUT2D eigenvalue weighted by atomic mass is 35.5. The highest BCUT2D eigenvalue weighted by Gasteiger charge is 2.41. The molecular weight excluding hydrogens is 620 g/mol. The summed E-state index contributed by atoms with van der Waals surface area (Å²) in [7, 11) is 1.96. The van der Waals surface area contributed by atoms with Gasteiger partial charge in [-0.3, -0.25) is 14.7 Å². The first-order chi connectivity index (χ1) is 19.8. The van der Waals surface area contributed by atoms with E-state index >= 15 is 0 Å². The van der Waals surface area contributed by atoms with Gasteiger partial charge in [0, 0.05) is 25.0 Å². The maximum Gasteiger partial charge on any atom is 0.321 e. The van der Waals surface area contributed by atoms with Crippen molar-refractivity contribution in [1.29, 1.82) is 0 Å². The van der Waals surface area contributed by atoms with Crippen LogP contribution in [-0.2, 0) is 11.2 Å². The van der Waals surface area contributed by atoms with E-state index < -0.39 is 12.0 Å².